The van der Waals surface area contributed by atoms with E-state index in [-0.39, 0.29) is 12.1 Å². The number of nitrogens with zero attached hydrogens (tertiary/aromatic N) is 3. The van der Waals surface area contributed by atoms with Crippen molar-refractivity contribution in [3.05, 3.63) is 35.7 Å². The van der Waals surface area contributed by atoms with Crippen LogP contribution in [0.15, 0.2) is 28.8 Å². The molecule has 1 saturated heterocycles. The second kappa shape index (κ2) is 7.37. The van der Waals surface area contributed by atoms with Crippen LogP contribution < -0.4 is 5.32 Å². The van der Waals surface area contributed by atoms with Crippen molar-refractivity contribution >= 4 is 11.8 Å². The lowest BCUT2D eigenvalue weighted by molar-refractivity contribution is -0.164. The zero-order valence-electron chi connectivity index (χ0n) is 14.4. The first-order valence-corrected chi connectivity index (χ1v) is 8.30. The fraction of sp³-hybridized carbons (Fsp3) is 0.412. The Labute approximate surface area is 152 Å². The van der Waals surface area contributed by atoms with Crippen molar-refractivity contribution in [2.45, 2.75) is 32.0 Å². The number of carbonyl (C=O) groups is 2. The van der Waals surface area contributed by atoms with Gasteiger partial charge in [0, 0.05) is 17.7 Å². The molecule has 10 heteroatoms. The van der Waals surface area contributed by atoms with Gasteiger partial charge < -0.3 is 14.7 Å². The maximum Gasteiger partial charge on any atom is 0.406 e. The van der Waals surface area contributed by atoms with Gasteiger partial charge in [-0.2, -0.15) is 18.2 Å². The van der Waals surface area contributed by atoms with Gasteiger partial charge in [-0.05, 0) is 44.0 Å². The van der Waals surface area contributed by atoms with Crippen LogP contribution in [0.25, 0.3) is 11.5 Å². The van der Waals surface area contributed by atoms with Gasteiger partial charge in [-0.3, -0.25) is 9.59 Å². The second-order valence-corrected chi connectivity index (χ2v) is 6.27. The number of rotatable bonds is 4. The zero-order chi connectivity index (χ0) is 19.6. The number of piperidine rings is 1. The summed E-state index contributed by atoms with van der Waals surface area (Å²) in [6.45, 7) is 0.400. The van der Waals surface area contributed by atoms with Crippen LogP contribution in [0.5, 0.6) is 0 Å². The molecule has 27 heavy (non-hydrogen) atoms. The molecular weight excluding hydrogens is 365 g/mol. The highest BCUT2D eigenvalue weighted by Crippen LogP contribution is 2.21. The van der Waals surface area contributed by atoms with Crippen LogP contribution in [0.3, 0.4) is 0 Å². The van der Waals surface area contributed by atoms with Crippen molar-refractivity contribution < 1.29 is 27.3 Å². The minimum absolute atomic E-state index is 0.0308. The molecule has 2 aromatic rings. The molecule has 0 radical (unpaired) electrons. The average molecular weight is 382 g/mol. The summed E-state index contributed by atoms with van der Waals surface area (Å²) >= 11 is 0. The monoisotopic (exact) mass is 382 g/mol. The van der Waals surface area contributed by atoms with Gasteiger partial charge in [0.05, 0.1) is 0 Å². The van der Waals surface area contributed by atoms with Crippen LogP contribution >= 0.6 is 0 Å². The number of aromatic nitrogens is 2. The lowest BCUT2D eigenvalue weighted by Gasteiger charge is -2.33. The zero-order valence-corrected chi connectivity index (χ0v) is 14.4. The van der Waals surface area contributed by atoms with Gasteiger partial charge in [-0.1, -0.05) is 5.16 Å². The Hall–Kier alpha value is -2.91. The number of amides is 2. The summed E-state index contributed by atoms with van der Waals surface area (Å²) in [5.74, 6) is -0.462. The smallest absolute Gasteiger partial charge is 0.340 e. The van der Waals surface area contributed by atoms with Crippen LogP contribution in [0.1, 0.15) is 29.0 Å². The number of benzene rings is 1. The minimum atomic E-state index is -4.47. The summed E-state index contributed by atoms with van der Waals surface area (Å²) in [4.78, 5) is 29.3. The molecule has 2 amide bonds. The van der Waals surface area contributed by atoms with Gasteiger partial charge >= 0.3 is 6.18 Å². The third kappa shape index (κ3) is 4.63. The summed E-state index contributed by atoms with van der Waals surface area (Å²) in [7, 11) is 0. The predicted molar refractivity (Wildman–Crippen MR) is 87.6 cm³/mol. The maximum absolute atomic E-state index is 12.5. The Morgan fingerprint density at radius 2 is 2.04 bits per heavy atom. The fourth-order valence-electron chi connectivity index (χ4n) is 2.87. The number of aryl methyl sites for hydroxylation is 1. The largest absolute Gasteiger partial charge is 0.406 e. The molecule has 1 unspecified atom stereocenters. The first kappa shape index (κ1) is 18.9. The maximum atomic E-state index is 12.5. The molecule has 1 N–H and O–H groups in total. The van der Waals surface area contributed by atoms with E-state index in [9.17, 15) is 22.8 Å². The molecule has 0 aliphatic carbocycles. The lowest BCUT2D eigenvalue weighted by Crippen LogP contribution is -2.54. The summed E-state index contributed by atoms with van der Waals surface area (Å²) in [5, 5.41) is 6.20. The summed E-state index contributed by atoms with van der Waals surface area (Å²) in [6.07, 6.45) is -3.77. The van der Waals surface area contributed by atoms with Gasteiger partial charge in [0.1, 0.15) is 12.6 Å². The van der Waals surface area contributed by atoms with Crippen molar-refractivity contribution in [3.63, 3.8) is 0 Å². The number of likely N-dealkylation sites (tertiary alicyclic amines) is 1. The molecule has 0 saturated carbocycles. The molecule has 3 rings (SSSR count). The minimum Gasteiger partial charge on any atom is -0.340 e. The number of halogens is 3. The van der Waals surface area contributed by atoms with E-state index in [0.29, 0.717) is 30.1 Å². The van der Waals surface area contributed by atoms with Crippen LogP contribution in [-0.4, -0.2) is 52.2 Å². The highest BCUT2D eigenvalue weighted by molar-refractivity contribution is 5.98. The van der Waals surface area contributed by atoms with Crippen molar-refractivity contribution in [1.82, 2.24) is 20.4 Å². The van der Waals surface area contributed by atoms with Gasteiger partial charge in [0.2, 0.25) is 5.91 Å². The molecule has 1 aliphatic rings. The molecule has 7 nitrogen and oxygen atoms in total. The van der Waals surface area contributed by atoms with Crippen LogP contribution in [0.2, 0.25) is 0 Å². The van der Waals surface area contributed by atoms with E-state index >= 15 is 0 Å². The molecule has 1 aromatic heterocycles. The SMILES string of the molecule is Cc1noc(-c2ccc(C(=O)NC3CCCN(CC(F)(F)F)C3=O)cc2)n1. The van der Waals surface area contributed by atoms with Gasteiger partial charge in [0.25, 0.3) is 11.8 Å². The van der Waals surface area contributed by atoms with Gasteiger partial charge in [-0.25, -0.2) is 0 Å². The molecular formula is C17H17F3N4O3. The quantitative estimate of drug-likeness (QED) is 0.877. The highest BCUT2D eigenvalue weighted by atomic mass is 19.4. The summed E-state index contributed by atoms with van der Waals surface area (Å²) < 4.78 is 42.7. The van der Waals surface area contributed by atoms with E-state index in [1.165, 1.54) is 12.1 Å². The first-order valence-electron chi connectivity index (χ1n) is 8.30. The molecule has 0 bridgehead atoms. The molecule has 1 fully saturated rings. The van der Waals surface area contributed by atoms with Crippen molar-refractivity contribution in [2.75, 3.05) is 13.1 Å². The number of alkyl halides is 3. The topological polar surface area (TPSA) is 88.3 Å². The number of hydrogen-bond acceptors (Lipinski definition) is 5. The van der Waals surface area contributed by atoms with Crippen molar-refractivity contribution in [2.24, 2.45) is 0 Å². The van der Waals surface area contributed by atoms with E-state index in [0.717, 1.165) is 4.90 Å². The number of nitrogens with one attached hydrogen (secondary N) is 1. The Balaban J connectivity index is 1.65. The molecule has 1 aliphatic heterocycles. The van der Waals surface area contributed by atoms with Crippen LogP contribution in [0.4, 0.5) is 13.2 Å². The van der Waals surface area contributed by atoms with Crippen LogP contribution in [0, 0.1) is 6.92 Å². The first-order chi connectivity index (χ1) is 12.7. The summed E-state index contributed by atoms with van der Waals surface area (Å²) in [6, 6.07) is 5.30. The Morgan fingerprint density at radius 1 is 1.33 bits per heavy atom. The van der Waals surface area contributed by atoms with Crippen molar-refractivity contribution in [3.8, 4) is 11.5 Å². The van der Waals surface area contributed by atoms with E-state index in [4.69, 9.17) is 4.52 Å². The average Bonchev–Trinajstić information content (AvgIpc) is 3.04. The summed E-state index contributed by atoms with van der Waals surface area (Å²) in [5.41, 5.74) is 0.896. The predicted octanol–water partition coefficient (Wildman–Crippen LogP) is 2.33. The highest BCUT2D eigenvalue weighted by Gasteiger charge is 2.37. The normalized spacial score (nSPS) is 17.9. The number of hydrogen-bond donors (Lipinski definition) is 1. The van der Waals surface area contributed by atoms with Crippen LogP contribution in [-0.2, 0) is 4.79 Å². The van der Waals surface area contributed by atoms with E-state index in [2.05, 4.69) is 15.5 Å². The van der Waals surface area contributed by atoms with Crippen molar-refractivity contribution in [1.29, 1.82) is 0 Å². The van der Waals surface area contributed by atoms with E-state index in [1.54, 1.807) is 19.1 Å². The molecule has 1 aromatic carbocycles. The lowest BCUT2D eigenvalue weighted by atomic mass is 10.0. The Bertz CT molecular complexity index is 833. The molecule has 1 atom stereocenters. The fourth-order valence-corrected chi connectivity index (χ4v) is 2.87. The van der Waals surface area contributed by atoms with Gasteiger partial charge in [-0.15, -0.1) is 0 Å². The Kier molecular flexibility index (Phi) is 5.15. The molecule has 2 heterocycles. The third-order valence-corrected chi connectivity index (χ3v) is 4.13. The number of carbonyl (C=O) groups excluding carboxylic acids is 2. The molecule has 144 valence electrons. The third-order valence-electron chi connectivity index (χ3n) is 4.13. The second-order valence-electron chi connectivity index (χ2n) is 6.27. The molecule has 0 spiro atoms. The van der Waals surface area contributed by atoms with E-state index in [1.807, 2.05) is 0 Å². The standard InChI is InChI=1S/C17H17F3N4O3/c1-10-21-15(27-23-10)12-6-4-11(5-7-12)14(25)22-13-3-2-8-24(16(13)26)9-17(18,19)20/h4-7,13H,2-3,8-9H2,1H3,(H,22,25). The van der Waals surface area contributed by atoms with E-state index < -0.39 is 30.6 Å². The Morgan fingerprint density at radius 3 is 2.63 bits per heavy atom. The van der Waals surface area contributed by atoms with Gasteiger partial charge in [0.15, 0.2) is 5.82 Å².